The molecular formula is C52H54N8O9S6. The zero-order valence-corrected chi connectivity index (χ0v) is 46.1. The number of aromatic carboxylic acids is 1. The Bertz CT molecular complexity index is 3430. The number of carboxylic acids is 1. The second-order valence-electron chi connectivity index (χ2n) is 16.7. The molecule has 0 aliphatic carbocycles. The van der Waals surface area contributed by atoms with Crippen molar-refractivity contribution in [2.45, 2.75) is 37.8 Å². The first-order valence-corrected chi connectivity index (χ1v) is 31.1. The molecule has 392 valence electrons. The van der Waals surface area contributed by atoms with E-state index in [-0.39, 0.29) is 29.1 Å². The molecule has 2 atom stereocenters. The van der Waals surface area contributed by atoms with Gasteiger partial charge in [-0.05, 0) is 108 Å². The average molecular weight is 1130 g/mol. The van der Waals surface area contributed by atoms with E-state index in [1.54, 1.807) is 48.3 Å². The van der Waals surface area contributed by atoms with Crippen molar-refractivity contribution in [2.75, 3.05) is 36.5 Å². The molecule has 0 fully saturated rings. The third kappa shape index (κ3) is 17.2. The Kier molecular flexibility index (Phi) is 21.0. The normalized spacial score (nSPS) is 12.1. The number of nitrogens with zero attached hydrogens (tertiary/aromatic N) is 6. The lowest BCUT2D eigenvalue weighted by molar-refractivity contribution is -0.120. The number of aromatic nitrogens is 6. The molecule has 0 aliphatic heterocycles. The fourth-order valence-corrected chi connectivity index (χ4v) is 10.8. The van der Waals surface area contributed by atoms with Crippen LogP contribution in [0, 0.1) is 0 Å². The minimum absolute atomic E-state index is 0.0413. The summed E-state index contributed by atoms with van der Waals surface area (Å²) in [4.78, 5) is 65.9. The number of benzene rings is 2. The number of hydrogen-bond acceptors (Lipinski definition) is 17. The summed E-state index contributed by atoms with van der Waals surface area (Å²) in [5.74, 6) is -0.127. The summed E-state index contributed by atoms with van der Waals surface area (Å²) >= 11 is 6.21. The van der Waals surface area contributed by atoms with Gasteiger partial charge < -0.3 is 16.2 Å². The van der Waals surface area contributed by atoms with E-state index >= 15 is 0 Å². The van der Waals surface area contributed by atoms with Crippen LogP contribution < -0.4 is 11.1 Å². The van der Waals surface area contributed by atoms with Crippen molar-refractivity contribution in [1.29, 1.82) is 0 Å². The number of carboxylic acid groups (broad SMARTS) is 1. The van der Waals surface area contributed by atoms with Crippen LogP contribution in [0.2, 0.25) is 0 Å². The molecule has 17 nitrogen and oxygen atoms in total. The lowest BCUT2D eigenvalue weighted by Crippen LogP contribution is -2.42. The highest BCUT2D eigenvalue weighted by Crippen LogP contribution is 2.29. The molecule has 0 spiro atoms. The number of carbonyl (C=O) groups is 4. The first-order valence-electron chi connectivity index (χ1n) is 22.8. The van der Waals surface area contributed by atoms with Crippen molar-refractivity contribution in [3.63, 3.8) is 0 Å². The highest BCUT2D eigenvalue weighted by Gasteiger charge is 2.24. The SMILES string of the molecule is CS(=O)(=O)n1ccc(C(=O)O)c1.CSCC[C@H](N)C(=O)Cc1nc(-c2cccc(-c3ccncc3)c2)cs1.CSCC[C@H](NC(=O)c1ccn(S(C)(=O)=O)c1)C(=O)Cc1nc(-c2cccc(-c3ccncc3)c2)cs1. The molecule has 1 amide bonds. The molecule has 8 aromatic rings. The minimum atomic E-state index is -3.50. The minimum Gasteiger partial charge on any atom is -0.478 e. The van der Waals surface area contributed by atoms with Gasteiger partial charge in [0.15, 0.2) is 11.6 Å². The Morgan fingerprint density at radius 3 is 1.51 bits per heavy atom. The molecule has 6 aromatic heterocycles. The van der Waals surface area contributed by atoms with Gasteiger partial charge in [-0.1, -0.05) is 36.4 Å². The number of hydrogen-bond donors (Lipinski definition) is 3. The standard InChI is InChI=1S/C26H26N4O4S3.C20H21N3OS2.C6H7NO4S/c1-35-13-9-22(29-26(32)21-8-12-30(16-21)37(2,33)34)24(31)15-25-28-23(17-36-25)20-5-3-4-19(14-20)18-6-10-27-11-7-18;1-25-10-7-17(21)19(24)12-20-23-18(13-26-20)16-4-2-3-15(11-16)14-5-8-22-9-6-14;1-12(10,11)7-3-2-5(4-7)6(8)9/h3-8,10-12,14,16-17,22H,9,13,15H2,1-2H3,(H,29,32);2-6,8-9,11,13,17H,7,10,12,21H2,1H3;2-4H,1H3,(H,8,9)/t22-;17-;/m00./s1. The van der Waals surface area contributed by atoms with Gasteiger partial charge >= 0.3 is 5.97 Å². The molecule has 0 saturated carbocycles. The van der Waals surface area contributed by atoms with Crippen molar-refractivity contribution in [1.82, 2.24) is 33.2 Å². The number of pyridine rings is 2. The van der Waals surface area contributed by atoms with Gasteiger partial charge in [-0.3, -0.25) is 32.3 Å². The number of carbonyl (C=O) groups excluding carboxylic acids is 3. The number of nitrogens with one attached hydrogen (secondary N) is 1. The second-order valence-corrected chi connectivity index (χ2v) is 24.3. The lowest BCUT2D eigenvalue weighted by Gasteiger charge is -2.16. The van der Waals surface area contributed by atoms with E-state index in [4.69, 9.17) is 10.8 Å². The number of thiazole rings is 2. The van der Waals surface area contributed by atoms with Crippen molar-refractivity contribution >= 4 is 89.7 Å². The van der Waals surface area contributed by atoms with E-state index in [1.807, 2.05) is 77.9 Å². The molecule has 0 saturated heterocycles. The Labute approximate surface area is 452 Å². The quantitative estimate of drug-likeness (QED) is 0.0612. The molecule has 2 aromatic carbocycles. The van der Waals surface area contributed by atoms with Crippen LogP contribution in [0.15, 0.2) is 145 Å². The highest BCUT2D eigenvalue weighted by atomic mass is 32.2. The highest BCUT2D eigenvalue weighted by molar-refractivity contribution is 7.98. The van der Waals surface area contributed by atoms with Gasteiger partial charge in [-0.15, -0.1) is 22.7 Å². The molecule has 0 unspecified atom stereocenters. The summed E-state index contributed by atoms with van der Waals surface area (Å²) in [5, 5.41) is 16.7. The fourth-order valence-electron chi connectivity index (χ4n) is 7.03. The smallest absolute Gasteiger partial charge is 0.337 e. The fraction of sp³-hybridized carbons (Fsp3) is 0.231. The molecule has 8 rings (SSSR count). The van der Waals surface area contributed by atoms with Crippen LogP contribution in [0.25, 0.3) is 44.8 Å². The summed E-state index contributed by atoms with van der Waals surface area (Å²) < 4.78 is 46.9. The van der Waals surface area contributed by atoms with Gasteiger partial charge in [0.25, 0.3) is 5.91 Å². The topological polar surface area (TPSA) is 256 Å². The van der Waals surface area contributed by atoms with Crippen LogP contribution in [0.1, 0.15) is 43.6 Å². The number of Topliss-reactive ketones (excluding diaryl/α,β-unsaturated/α-hetero) is 2. The van der Waals surface area contributed by atoms with E-state index in [1.165, 1.54) is 53.4 Å². The van der Waals surface area contributed by atoms with E-state index < -0.39 is 44.0 Å². The van der Waals surface area contributed by atoms with Crippen LogP contribution >= 0.6 is 46.2 Å². The third-order valence-corrected chi connectivity index (χ3v) is 16.0. The number of amides is 1. The van der Waals surface area contributed by atoms with Crippen LogP contribution in [0.5, 0.6) is 0 Å². The molecule has 6 heterocycles. The predicted molar refractivity (Wildman–Crippen MR) is 301 cm³/mol. The van der Waals surface area contributed by atoms with E-state index in [2.05, 4.69) is 43.5 Å². The summed E-state index contributed by atoms with van der Waals surface area (Å²) in [5.41, 5.74) is 14.1. The maximum Gasteiger partial charge on any atom is 0.337 e. The maximum atomic E-state index is 13.2. The van der Waals surface area contributed by atoms with Crippen LogP contribution in [0.3, 0.4) is 0 Å². The number of ketones is 2. The Balaban J connectivity index is 0.000000207. The van der Waals surface area contributed by atoms with E-state index in [0.717, 1.165) is 82.2 Å². The van der Waals surface area contributed by atoms with Gasteiger partial charge in [0, 0.05) is 71.5 Å². The lowest BCUT2D eigenvalue weighted by atomic mass is 10.0. The Hall–Kier alpha value is -6.60. The summed E-state index contributed by atoms with van der Waals surface area (Å²) in [6, 6.07) is 25.7. The number of rotatable bonds is 21. The first-order chi connectivity index (χ1) is 35.8. The Morgan fingerprint density at radius 1 is 0.627 bits per heavy atom. The molecular weight excluding hydrogens is 1070 g/mol. The van der Waals surface area contributed by atoms with Crippen LogP contribution in [-0.4, -0.2) is 122 Å². The zero-order valence-electron chi connectivity index (χ0n) is 41.2. The molecule has 23 heteroatoms. The third-order valence-electron chi connectivity index (χ3n) is 11.1. The van der Waals surface area contributed by atoms with Gasteiger partial charge in [0.05, 0.1) is 60.0 Å². The van der Waals surface area contributed by atoms with Gasteiger partial charge in [0.1, 0.15) is 10.0 Å². The van der Waals surface area contributed by atoms with Crippen LogP contribution in [0.4, 0.5) is 0 Å². The predicted octanol–water partition coefficient (Wildman–Crippen LogP) is 8.20. The van der Waals surface area contributed by atoms with E-state index in [9.17, 15) is 36.0 Å². The summed E-state index contributed by atoms with van der Waals surface area (Å²) in [6.45, 7) is 0. The second kappa shape index (κ2) is 27.3. The summed E-state index contributed by atoms with van der Waals surface area (Å²) in [6.07, 6.45) is 19.5. The molecule has 0 aliphatic rings. The molecule has 4 N–H and O–H groups in total. The largest absolute Gasteiger partial charge is 0.478 e. The van der Waals surface area contributed by atoms with Gasteiger partial charge in [-0.2, -0.15) is 23.5 Å². The maximum absolute atomic E-state index is 13.2. The van der Waals surface area contributed by atoms with Crippen molar-refractivity contribution in [3.05, 3.63) is 166 Å². The summed E-state index contributed by atoms with van der Waals surface area (Å²) in [7, 11) is -6.86. The van der Waals surface area contributed by atoms with Crippen molar-refractivity contribution in [3.8, 4) is 44.8 Å². The van der Waals surface area contributed by atoms with Gasteiger partial charge in [-0.25, -0.2) is 31.6 Å². The van der Waals surface area contributed by atoms with Crippen molar-refractivity contribution in [2.24, 2.45) is 5.73 Å². The monoisotopic (exact) mass is 1130 g/mol. The van der Waals surface area contributed by atoms with E-state index in [0.29, 0.717) is 30.0 Å². The van der Waals surface area contributed by atoms with Gasteiger partial charge in [0.2, 0.25) is 20.0 Å². The molecule has 0 radical (unpaired) electrons. The van der Waals surface area contributed by atoms with Crippen LogP contribution in [-0.2, 0) is 42.5 Å². The Morgan fingerprint density at radius 2 is 1.07 bits per heavy atom. The molecule has 0 bridgehead atoms. The molecule has 75 heavy (non-hydrogen) atoms. The first kappa shape index (κ1) is 57.7. The zero-order chi connectivity index (χ0) is 54.1. The number of thioether (sulfide) groups is 2. The average Bonchev–Trinajstić information content (AvgIpc) is 4.26. The van der Waals surface area contributed by atoms with Crippen molar-refractivity contribution < 1.29 is 41.1 Å². The number of nitrogens with two attached hydrogens (primary N) is 1.